The van der Waals surface area contributed by atoms with Gasteiger partial charge in [0.05, 0.1) is 29.9 Å². The molecular weight excluding hydrogens is 404 g/mol. The number of hydrogen-bond donors (Lipinski definition) is 1. The number of aliphatic hydroxyl groups excluding tert-OH is 1. The maximum Gasteiger partial charge on any atom is 0.257 e. The number of aromatic nitrogens is 2. The number of unbranched alkanes of at least 4 members (excludes halogenated alkanes) is 1. The van der Waals surface area contributed by atoms with Crippen molar-refractivity contribution in [1.29, 1.82) is 0 Å². The Balaban J connectivity index is 0.00000176. The molecule has 0 bridgehead atoms. The standard InChI is InChI=1S/C24H30N2O4.C2H6/c1-5-8-10-15-16(9-6-2)20(7-3)25-23-18(15)12-26-21(23)11-17(22(28)13-27)19(14-30-4)24(26)29;1-2/h7,9,11,13,22,28H,5-6,8,10,12,14H2,1-4H3;1-2H3/b16-9-,20-7+;. The molecule has 6 nitrogen and oxygen atoms in total. The third-order valence-electron chi connectivity index (χ3n) is 5.68. The van der Waals surface area contributed by atoms with Crippen LogP contribution < -0.4 is 16.1 Å². The van der Waals surface area contributed by atoms with Gasteiger partial charge in [-0.3, -0.25) is 4.79 Å². The molecule has 1 aliphatic rings. The molecule has 1 N–H and O–H groups in total. The number of carbonyl (C=O) groups excluding carboxylic acids is 1. The van der Waals surface area contributed by atoms with E-state index in [9.17, 15) is 14.7 Å². The molecule has 0 saturated carbocycles. The van der Waals surface area contributed by atoms with E-state index in [2.05, 4.69) is 19.9 Å². The molecule has 0 amide bonds. The van der Waals surface area contributed by atoms with E-state index in [1.54, 1.807) is 10.6 Å². The minimum atomic E-state index is -1.37. The van der Waals surface area contributed by atoms with Gasteiger partial charge in [0.15, 0.2) is 6.29 Å². The summed E-state index contributed by atoms with van der Waals surface area (Å²) in [6, 6.07) is 1.72. The maximum absolute atomic E-state index is 13.3. The number of fused-ring (bicyclic) bond motifs is 3. The molecule has 1 atom stereocenters. The minimum Gasteiger partial charge on any atom is -0.381 e. The maximum atomic E-state index is 13.3. The van der Waals surface area contributed by atoms with Crippen LogP contribution in [0.5, 0.6) is 0 Å². The van der Waals surface area contributed by atoms with Crippen LogP contribution in [0.25, 0.3) is 23.5 Å². The summed E-state index contributed by atoms with van der Waals surface area (Å²) >= 11 is 0. The largest absolute Gasteiger partial charge is 0.381 e. The van der Waals surface area contributed by atoms with Crippen molar-refractivity contribution in [2.75, 3.05) is 7.11 Å². The Morgan fingerprint density at radius 1 is 1.28 bits per heavy atom. The van der Waals surface area contributed by atoms with Crippen LogP contribution in [0.15, 0.2) is 10.9 Å². The summed E-state index contributed by atoms with van der Waals surface area (Å²) in [6.45, 7) is 10.7. The Morgan fingerprint density at radius 3 is 2.56 bits per heavy atom. The van der Waals surface area contributed by atoms with Gasteiger partial charge in [-0.05, 0) is 43.0 Å². The Kier molecular flexibility index (Phi) is 9.54. The number of rotatable bonds is 8. The molecule has 0 aliphatic carbocycles. The van der Waals surface area contributed by atoms with E-state index in [1.165, 1.54) is 12.7 Å². The zero-order valence-corrected chi connectivity index (χ0v) is 20.2. The molecule has 0 fully saturated rings. The van der Waals surface area contributed by atoms with E-state index in [4.69, 9.17) is 9.72 Å². The van der Waals surface area contributed by atoms with E-state index in [-0.39, 0.29) is 12.2 Å². The smallest absolute Gasteiger partial charge is 0.257 e. The third kappa shape index (κ3) is 4.76. The lowest BCUT2D eigenvalue weighted by Crippen LogP contribution is -2.33. The molecule has 0 spiro atoms. The summed E-state index contributed by atoms with van der Waals surface area (Å²) in [6.07, 6.45) is 7.23. The first-order valence-electron chi connectivity index (χ1n) is 11.6. The fraction of sp³-hybridized carbons (Fsp3) is 0.500. The van der Waals surface area contributed by atoms with Crippen molar-refractivity contribution in [2.24, 2.45) is 0 Å². The van der Waals surface area contributed by atoms with Gasteiger partial charge in [-0.1, -0.05) is 46.3 Å². The molecule has 0 saturated heterocycles. The van der Waals surface area contributed by atoms with E-state index in [1.807, 2.05) is 26.8 Å². The number of aldehydes is 1. The molecule has 32 heavy (non-hydrogen) atoms. The first-order valence-corrected chi connectivity index (χ1v) is 11.6. The highest BCUT2D eigenvalue weighted by Crippen LogP contribution is 2.32. The predicted octanol–water partition coefficient (Wildman–Crippen LogP) is 3.01. The lowest BCUT2D eigenvalue weighted by Gasteiger charge is -2.14. The SMILES string of the molecule is C/C=c1/nc2c(c(CCCC)/c1=C/CC)Cn1c-2cc(C(O)C=O)c(COC)c1=O.CC. The van der Waals surface area contributed by atoms with Crippen molar-refractivity contribution in [3.05, 3.63) is 49.2 Å². The first kappa shape index (κ1) is 25.7. The topological polar surface area (TPSA) is 81.4 Å². The number of nitrogens with zero attached hydrogens (tertiary/aromatic N) is 2. The average molecular weight is 441 g/mol. The van der Waals surface area contributed by atoms with Crippen molar-refractivity contribution in [1.82, 2.24) is 9.55 Å². The summed E-state index contributed by atoms with van der Waals surface area (Å²) in [5, 5.41) is 12.3. The Hall–Kier alpha value is -2.57. The van der Waals surface area contributed by atoms with Gasteiger partial charge in [-0.25, -0.2) is 4.98 Å². The highest BCUT2D eigenvalue weighted by atomic mass is 16.5. The summed E-state index contributed by atoms with van der Waals surface area (Å²) in [4.78, 5) is 29.4. The Bertz CT molecular complexity index is 1130. The van der Waals surface area contributed by atoms with Gasteiger partial charge in [0, 0.05) is 23.8 Å². The predicted molar refractivity (Wildman–Crippen MR) is 129 cm³/mol. The van der Waals surface area contributed by atoms with Gasteiger partial charge in [-0.2, -0.15) is 0 Å². The second-order valence-electron chi connectivity index (χ2n) is 7.59. The molecule has 3 heterocycles. The number of carbonyl (C=O) groups is 1. The quantitative estimate of drug-likeness (QED) is 0.545. The minimum absolute atomic E-state index is 0.0364. The molecule has 2 aromatic heterocycles. The monoisotopic (exact) mass is 440 g/mol. The van der Waals surface area contributed by atoms with Crippen LogP contribution in [0, 0.1) is 0 Å². The van der Waals surface area contributed by atoms with Gasteiger partial charge >= 0.3 is 0 Å². The molecular formula is C26H36N2O4. The highest BCUT2D eigenvalue weighted by Gasteiger charge is 2.28. The number of hydrogen-bond acceptors (Lipinski definition) is 5. The molecule has 0 aromatic carbocycles. The number of pyridine rings is 2. The second kappa shape index (κ2) is 11.9. The van der Waals surface area contributed by atoms with Gasteiger partial charge < -0.3 is 19.2 Å². The first-order chi connectivity index (χ1) is 15.5. The van der Waals surface area contributed by atoms with Crippen LogP contribution in [0.3, 0.4) is 0 Å². The number of ether oxygens (including phenoxy) is 1. The van der Waals surface area contributed by atoms with Crippen molar-refractivity contribution in [3.63, 3.8) is 0 Å². The second-order valence-corrected chi connectivity index (χ2v) is 7.59. The van der Waals surface area contributed by atoms with E-state index >= 15 is 0 Å². The van der Waals surface area contributed by atoms with Crippen LogP contribution in [0.1, 0.15) is 82.2 Å². The van der Waals surface area contributed by atoms with Crippen molar-refractivity contribution in [3.8, 4) is 11.4 Å². The number of methoxy groups -OCH3 is 1. The third-order valence-corrected chi connectivity index (χ3v) is 5.68. The number of aliphatic hydroxyl groups is 1. The van der Waals surface area contributed by atoms with Crippen LogP contribution >= 0.6 is 0 Å². The van der Waals surface area contributed by atoms with Crippen molar-refractivity contribution in [2.45, 2.75) is 79.6 Å². The average Bonchev–Trinajstić information content (AvgIpc) is 3.19. The van der Waals surface area contributed by atoms with Crippen molar-refractivity contribution < 1.29 is 14.6 Å². The summed E-state index contributed by atoms with van der Waals surface area (Å²) in [7, 11) is 1.49. The molecule has 0 radical (unpaired) electrons. The molecule has 1 aliphatic heterocycles. The Morgan fingerprint density at radius 2 is 2.00 bits per heavy atom. The molecule has 1 unspecified atom stereocenters. The van der Waals surface area contributed by atoms with Gasteiger partial charge in [-0.15, -0.1) is 0 Å². The summed E-state index contributed by atoms with van der Waals surface area (Å²) in [5.41, 5.74) is 4.08. The van der Waals surface area contributed by atoms with E-state index in [0.29, 0.717) is 29.7 Å². The van der Waals surface area contributed by atoms with Crippen LogP contribution in [0.2, 0.25) is 0 Å². The van der Waals surface area contributed by atoms with E-state index < -0.39 is 6.10 Å². The zero-order valence-electron chi connectivity index (χ0n) is 20.2. The fourth-order valence-corrected chi connectivity index (χ4v) is 4.23. The summed E-state index contributed by atoms with van der Waals surface area (Å²) < 4.78 is 6.87. The van der Waals surface area contributed by atoms with E-state index in [0.717, 1.165) is 47.5 Å². The van der Waals surface area contributed by atoms with Crippen LogP contribution in [0.4, 0.5) is 0 Å². The van der Waals surface area contributed by atoms with Gasteiger partial charge in [0.1, 0.15) is 6.10 Å². The van der Waals surface area contributed by atoms with Gasteiger partial charge in [0.25, 0.3) is 5.56 Å². The molecule has 2 aromatic rings. The normalized spacial score (nSPS) is 14.0. The molecule has 6 heteroatoms. The van der Waals surface area contributed by atoms with Gasteiger partial charge in [0.2, 0.25) is 0 Å². The lowest BCUT2D eigenvalue weighted by molar-refractivity contribution is -0.115. The highest BCUT2D eigenvalue weighted by molar-refractivity contribution is 5.70. The van der Waals surface area contributed by atoms with Crippen molar-refractivity contribution >= 4 is 18.4 Å². The molecule has 3 rings (SSSR count). The molecule has 174 valence electrons. The fourth-order valence-electron chi connectivity index (χ4n) is 4.23. The zero-order chi connectivity index (χ0) is 23.8. The lowest BCUT2D eigenvalue weighted by atomic mass is 9.97. The van der Waals surface area contributed by atoms with Crippen LogP contribution in [-0.4, -0.2) is 28.1 Å². The summed E-state index contributed by atoms with van der Waals surface area (Å²) in [5.74, 6) is 0. The Labute approximate surface area is 190 Å². The van der Waals surface area contributed by atoms with Crippen LogP contribution in [-0.2, 0) is 29.1 Å².